The number of alkyl halides is 3. The summed E-state index contributed by atoms with van der Waals surface area (Å²) < 4.78 is 43.1. The van der Waals surface area contributed by atoms with E-state index in [0.29, 0.717) is 6.92 Å². The van der Waals surface area contributed by atoms with Gasteiger partial charge in [0.1, 0.15) is 5.75 Å². The quantitative estimate of drug-likeness (QED) is 0.871. The van der Waals surface area contributed by atoms with Crippen LogP contribution in [0.4, 0.5) is 13.2 Å². The Morgan fingerprint density at radius 2 is 2.00 bits per heavy atom. The molecule has 0 fully saturated rings. The Balaban J connectivity index is 3.13. The van der Waals surface area contributed by atoms with Gasteiger partial charge in [0.05, 0.1) is 18.9 Å². The zero-order valence-electron chi connectivity index (χ0n) is 10.5. The van der Waals surface area contributed by atoms with Crippen LogP contribution in [0.15, 0.2) is 18.5 Å². The smallest absolute Gasteiger partial charge is 0.422 e. The van der Waals surface area contributed by atoms with Crippen LogP contribution in [0.5, 0.6) is 5.75 Å². The molecule has 0 aromatic carbocycles. The van der Waals surface area contributed by atoms with Crippen molar-refractivity contribution < 1.29 is 32.6 Å². The molecule has 1 rings (SSSR count). The Bertz CT molecular complexity index is 533. The second-order valence-corrected chi connectivity index (χ2v) is 3.96. The largest absolute Gasteiger partial charge is 0.494 e. The molecule has 1 aromatic rings. The normalized spacial score (nSPS) is 14.2. The summed E-state index contributed by atoms with van der Waals surface area (Å²) >= 11 is 0. The first kappa shape index (κ1) is 15.7. The number of amides is 1. The van der Waals surface area contributed by atoms with E-state index in [1.165, 1.54) is 18.6 Å². The maximum Gasteiger partial charge on any atom is 0.422 e. The van der Waals surface area contributed by atoms with Crippen molar-refractivity contribution in [1.29, 1.82) is 0 Å². The van der Waals surface area contributed by atoms with Crippen LogP contribution in [-0.4, -0.2) is 40.8 Å². The first-order chi connectivity index (χ1) is 9.13. The second kappa shape index (κ2) is 5.35. The average Bonchev–Trinajstić information content (AvgIpc) is 2.36. The van der Waals surface area contributed by atoms with Gasteiger partial charge in [0.15, 0.2) is 0 Å². The maximum atomic E-state index is 12.8. The number of carbonyl (C=O) groups is 2. The van der Waals surface area contributed by atoms with Gasteiger partial charge in [-0.25, -0.2) is 4.79 Å². The fraction of sp³-hybridized carbons (Fsp3) is 0.364. The van der Waals surface area contributed by atoms with E-state index < -0.39 is 23.6 Å². The van der Waals surface area contributed by atoms with E-state index in [1.807, 2.05) is 0 Å². The van der Waals surface area contributed by atoms with Crippen molar-refractivity contribution in [2.75, 3.05) is 7.11 Å². The zero-order chi connectivity index (χ0) is 15.6. The molecule has 1 unspecified atom stereocenters. The summed E-state index contributed by atoms with van der Waals surface area (Å²) in [7, 11) is 1.20. The van der Waals surface area contributed by atoms with Gasteiger partial charge in [0, 0.05) is 6.20 Å². The number of pyridine rings is 1. The number of carboxylic acid groups (broad SMARTS) is 1. The van der Waals surface area contributed by atoms with Gasteiger partial charge in [-0.05, 0) is 13.0 Å². The molecule has 0 saturated carbocycles. The molecule has 0 aliphatic carbocycles. The minimum atomic E-state index is -5.16. The Morgan fingerprint density at radius 3 is 2.45 bits per heavy atom. The standard InChI is InChI=1S/C11H11F3N2O4/c1-10(9(18)19,11(12,13)14)16-8(17)6-3-4-15-5-7(6)20-2/h3-5H,1-2H3,(H,16,17)(H,18,19). The highest BCUT2D eigenvalue weighted by Crippen LogP contribution is 2.31. The van der Waals surface area contributed by atoms with Crippen LogP contribution in [-0.2, 0) is 4.79 Å². The lowest BCUT2D eigenvalue weighted by Gasteiger charge is -2.28. The highest BCUT2D eigenvalue weighted by molar-refractivity contribution is 6.00. The number of methoxy groups -OCH3 is 1. The van der Waals surface area contributed by atoms with Crippen LogP contribution >= 0.6 is 0 Å². The summed E-state index contributed by atoms with van der Waals surface area (Å²) in [6.07, 6.45) is -2.86. The summed E-state index contributed by atoms with van der Waals surface area (Å²) in [6.45, 7) is 0.362. The average molecular weight is 292 g/mol. The lowest BCUT2D eigenvalue weighted by Crippen LogP contribution is -2.61. The van der Waals surface area contributed by atoms with Gasteiger partial charge in [0.25, 0.3) is 5.91 Å². The van der Waals surface area contributed by atoms with Gasteiger partial charge < -0.3 is 15.2 Å². The molecule has 1 amide bonds. The zero-order valence-corrected chi connectivity index (χ0v) is 10.5. The molecular weight excluding hydrogens is 281 g/mol. The number of nitrogens with one attached hydrogen (secondary N) is 1. The highest BCUT2D eigenvalue weighted by Gasteiger charge is 2.58. The number of rotatable bonds is 4. The van der Waals surface area contributed by atoms with Gasteiger partial charge in [-0.1, -0.05) is 0 Å². The first-order valence-corrected chi connectivity index (χ1v) is 5.24. The molecule has 0 bridgehead atoms. The molecule has 1 aromatic heterocycles. The van der Waals surface area contributed by atoms with Crippen molar-refractivity contribution in [1.82, 2.24) is 10.3 Å². The summed E-state index contributed by atoms with van der Waals surface area (Å²) in [6, 6.07) is 1.12. The van der Waals surface area contributed by atoms with Gasteiger partial charge in [-0.3, -0.25) is 9.78 Å². The van der Waals surface area contributed by atoms with Crippen LogP contribution in [0, 0.1) is 0 Å². The fourth-order valence-corrected chi connectivity index (χ4v) is 1.27. The van der Waals surface area contributed by atoms with E-state index in [4.69, 9.17) is 9.84 Å². The maximum absolute atomic E-state index is 12.8. The number of aromatic nitrogens is 1. The molecule has 1 atom stereocenters. The lowest BCUT2D eigenvalue weighted by atomic mass is 10.0. The van der Waals surface area contributed by atoms with Crippen LogP contribution < -0.4 is 10.1 Å². The second-order valence-electron chi connectivity index (χ2n) is 3.96. The number of carbonyl (C=O) groups excluding carboxylic acids is 1. The monoisotopic (exact) mass is 292 g/mol. The minimum Gasteiger partial charge on any atom is -0.494 e. The number of aliphatic carboxylic acids is 1. The molecule has 20 heavy (non-hydrogen) atoms. The van der Waals surface area contributed by atoms with E-state index in [-0.39, 0.29) is 11.3 Å². The van der Waals surface area contributed by atoms with Crippen molar-refractivity contribution in [2.45, 2.75) is 18.6 Å². The Kier molecular flexibility index (Phi) is 4.21. The fourth-order valence-electron chi connectivity index (χ4n) is 1.27. The van der Waals surface area contributed by atoms with Crippen LogP contribution in [0.3, 0.4) is 0 Å². The van der Waals surface area contributed by atoms with Gasteiger partial charge in [-0.2, -0.15) is 13.2 Å². The minimum absolute atomic E-state index is 0.0695. The molecule has 110 valence electrons. The van der Waals surface area contributed by atoms with E-state index in [0.717, 1.165) is 12.3 Å². The molecule has 9 heteroatoms. The third-order valence-corrected chi connectivity index (χ3v) is 2.61. The first-order valence-electron chi connectivity index (χ1n) is 5.24. The number of ether oxygens (including phenoxy) is 1. The van der Waals surface area contributed by atoms with Crippen molar-refractivity contribution in [3.05, 3.63) is 24.0 Å². The van der Waals surface area contributed by atoms with Crippen LogP contribution in [0.25, 0.3) is 0 Å². The molecule has 0 aliphatic rings. The Morgan fingerprint density at radius 1 is 1.40 bits per heavy atom. The summed E-state index contributed by atoms with van der Waals surface area (Å²) in [5.41, 5.74) is -3.66. The molecule has 0 spiro atoms. The predicted octanol–water partition coefficient (Wildman–Crippen LogP) is 1.23. The van der Waals surface area contributed by atoms with Crippen molar-refractivity contribution in [2.24, 2.45) is 0 Å². The van der Waals surface area contributed by atoms with Gasteiger partial charge in [0.2, 0.25) is 5.54 Å². The number of hydrogen-bond donors (Lipinski definition) is 2. The molecule has 1 heterocycles. The molecule has 0 aliphatic heterocycles. The van der Waals surface area contributed by atoms with Crippen molar-refractivity contribution >= 4 is 11.9 Å². The number of halogens is 3. The van der Waals surface area contributed by atoms with Gasteiger partial charge in [-0.15, -0.1) is 0 Å². The van der Waals surface area contributed by atoms with E-state index in [2.05, 4.69) is 4.98 Å². The van der Waals surface area contributed by atoms with E-state index in [1.54, 1.807) is 0 Å². The summed E-state index contributed by atoms with van der Waals surface area (Å²) in [5.74, 6) is -3.52. The lowest BCUT2D eigenvalue weighted by molar-refractivity contribution is -0.203. The number of nitrogens with zero attached hydrogens (tertiary/aromatic N) is 1. The third kappa shape index (κ3) is 2.81. The third-order valence-electron chi connectivity index (χ3n) is 2.61. The number of carboxylic acids is 1. The predicted molar refractivity (Wildman–Crippen MR) is 60.4 cm³/mol. The summed E-state index contributed by atoms with van der Waals surface area (Å²) in [4.78, 5) is 26.3. The topological polar surface area (TPSA) is 88.5 Å². The van der Waals surface area contributed by atoms with Crippen LogP contribution in [0.1, 0.15) is 17.3 Å². The summed E-state index contributed by atoms with van der Waals surface area (Å²) in [5, 5.41) is 10.2. The number of hydrogen-bond acceptors (Lipinski definition) is 4. The molecule has 2 N–H and O–H groups in total. The highest BCUT2D eigenvalue weighted by atomic mass is 19.4. The molecule has 0 saturated heterocycles. The molecule has 6 nitrogen and oxygen atoms in total. The Hall–Kier alpha value is -2.32. The van der Waals surface area contributed by atoms with Crippen molar-refractivity contribution in [3.63, 3.8) is 0 Å². The SMILES string of the molecule is COc1cnccc1C(=O)NC(C)(C(=O)O)C(F)(F)F. The Labute approximate surface area is 111 Å². The molecular formula is C11H11F3N2O4. The molecule has 0 radical (unpaired) electrons. The van der Waals surface area contributed by atoms with Gasteiger partial charge >= 0.3 is 12.1 Å². The van der Waals surface area contributed by atoms with Crippen molar-refractivity contribution in [3.8, 4) is 5.75 Å². The van der Waals surface area contributed by atoms with E-state index in [9.17, 15) is 22.8 Å². The van der Waals surface area contributed by atoms with Crippen LogP contribution in [0.2, 0.25) is 0 Å². The van der Waals surface area contributed by atoms with E-state index >= 15 is 0 Å².